The fourth-order valence-corrected chi connectivity index (χ4v) is 2.85. The van der Waals surface area contributed by atoms with Crippen molar-refractivity contribution >= 4 is 54.8 Å². The quantitative estimate of drug-likeness (QED) is 0.533. The first-order chi connectivity index (χ1) is 9.47. The molecule has 0 heterocycles. The monoisotopic (exact) mass is 418 g/mol. The van der Waals surface area contributed by atoms with Gasteiger partial charge in [-0.15, -0.1) is 0 Å². The highest BCUT2D eigenvalue weighted by molar-refractivity contribution is 9.10. The molecule has 0 unspecified atom stereocenters. The van der Waals surface area contributed by atoms with E-state index in [0.29, 0.717) is 17.1 Å². The largest absolute Gasteiger partial charge is 0.379 e. The van der Waals surface area contributed by atoms with Crippen molar-refractivity contribution in [2.45, 2.75) is 6.54 Å². The molecule has 0 aliphatic carbocycles. The van der Waals surface area contributed by atoms with E-state index in [1.54, 1.807) is 18.2 Å². The predicted molar refractivity (Wildman–Crippen MR) is 87.3 cm³/mol. The molecule has 0 amide bonds. The molecule has 20 heavy (non-hydrogen) atoms. The Kier molecular flexibility index (Phi) is 5.01. The third kappa shape index (κ3) is 3.71. The van der Waals surface area contributed by atoms with Crippen molar-refractivity contribution in [3.8, 4) is 0 Å². The summed E-state index contributed by atoms with van der Waals surface area (Å²) >= 11 is 12.7. The normalized spacial score (nSPS) is 10.3. The van der Waals surface area contributed by atoms with Crippen molar-refractivity contribution in [2.75, 3.05) is 5.32 Å². The van der Waals surface area contributed by atoms with Gasteiger partial charge in [0.05, 0.1) is 15.6 Å². The third-order valence-electron chi connectivity index (χ3n) is 2.64. The molecular formula is C13H9Br2ClN2O2. The number of anilines is 1. The molecule has 0 aliphatic rings. The number of halogens is 3. The highest BCUT2D eigenvalue weighted by Gasteiger charge is 2.13. The van der Waals surface area contributed by atoms with E-state index in [4.69, 9.17) is 11.6 Å². The lowest BCUT2D eigenvalue weighted by Crippen LogP contribution is -2.03. The van der Waals surface area contributed by atoms with Crippen LogP contribution in [0.1, 0.15) is 5.56 Å². The van der Waals surface area contributed by atoms with Gasteiger partial charge >= 0.3 is 0 Å². The molecule has 4 nitrogen and oxygen atoms in total. The molecule has 0 saturated carbocycles. The van der Waals surface area contributed by atoms with Crippen molar-refractivity contribution in [2.24, 2.45) is 0 Å². The van der Waals surface area contributed by atoms with E-state index in [1.807, 2.05) is 12.1 Å². The molecule has 0 atom stereocenters. The fraction of sp³-hybridized carbons (Fsp3) is 0.0769. The molecule has 0 radical (unpaired) electrons. The van der Waals surface area contributed by atoms with Gasteiger partial charge in [-0.1, -0.05) is 43.5 Å². The molecule has 0 aliphatic heterocycles. The lowest BCUT2D eigenvalue weighted by atomic mass is 10.2. The zero-order valence-electron chi connectivity index (χ0n) is 10.1. The van der Waals surface area contributed by atoms with Crippen LogP contribution in [-0.2, 0) is 6.54 Å². The number of nitro benzene ring substituents is 1. The van der Waals surface area contributed by atoms with Crippen LogP contribution in [0.4, 0.5) is 11.4 Å². The summed E-state index contributed by atoms with van der Waals surface area (Å²) in [7, 11) is 0. The summed E-state index contributed by atoms with van der Waals surface area (Å²) in [4.78, 5) is 10.6. The van der Waals surface area contributed by atoms with Gasteiger partial charge in [-0.3, -0.25) is 10.1 Å². The minimum atomic E-state index is -0.396. The number of nitro groups is 1. The Hall–Kier alpha value is -1.11. The van der Waals surface area contributed by atoms with Crippen LogP contribution in [0.3, 0.4) is 0 Å². The highest BCUT2D eigenvalue weighted by atomic mass is 79.9. The molecule has 7 heteroatoms. The van der Waals surface area contributed by atoms with Crippen molar-refractivity contribution in [3.63, 3.8) is 0 Å². The topological polar surface area (TPSA) is 55.2 Å². The smallest absolute Gasteiger partial charge is 0.274 e. The van der Waals surface area contributed by atoms with E-state index in [2.05, 4.69) is 37.2 Å². The van der Waals surface area contributed by atoms with Crippen LogP contribution in [0, 0.1) is 10.1 Å². The minimum Gasteiger partial charge on any atom is -0.379 e. The molecular weight excluding hydrogens is 411 g/mol. The highest BCUT2D eigenvalue weighted by Crippen LogP contribution is 2.28. The van der Waals surface area contributed by atoms with Gasteiger partial charge in [0.15, 0.2) is 0 Å². The summed E-state index contributed by atoms with van der Waals surface area (Å²) in [5.74, 6) is 0. The molecule has 2 rings (SSSR count). The van der Waals surface area contributed by atoms with Crippen molar-refractivity contribution in [1.29, 1.82) is 0 Å². The van der Waals surface area contributed by atoms with E-state index in [1.165, 1.54) is 6.07 Å². The van der Waals surface area contributed by atoms with Gasteiger partial charge in [0.2, 0.25) is 0 Å². The molecule has 0 fully saturated rings. The zero-order chi connectivity index (χ0) is 14.7. The van der Waals surface area contributed by atoms with Gasteiger partial charge in [0, 0.05) is 27.1 Å². The van der Waals surface area contributed by atoms with Gasteiger partial charge in [-0.25, -0.2) is 0 Å². The van der Waals surface area contributed by atoms with Crippen LogP contribution < -0.4 is 5.32 Å². The summed E-state index contributed by atoms with van der Waals surface area (Å²) in [6.07, 6.45) is 0. The van der Waals surface area contributed by atoms with Crippen LogP contribution in [0.25, 0.3) is 0 Å². The lowest BCUT2D eigenvalue weighted by Gasteiger charge is -2.09. The average Bonchev–Trinajstić information content (AvgIpc) is 2.37. The molecule has 0 spiro atoms. The van der Waals surface area contributed by atoms with E-state index < -0.39 is 4.92 Å². The molecule has 0 aromatic heterocycles. The van der Waals surface area contributed by atoms with Crippen molar-refractivity contribution < 1.29 is 4.92 Å². The van der Waals surface area contributed by atoms with E-state index in [-0.39, 0.29) is 5.69 Å². The summed E-state index contributed by atoms with van der Waals surface area (Å²) in [6, 6.07) is 10.3. The SMILES string of the molecule is O=[N+]([O-])c1ccc(Br)cc1CNc1ccc(Br)cc1Cl. The maximum atomic E-state index is 11.0. The van der Waals surface area contributed by atoms with E-state index in [9.17, 15) is 10.1 Å². The molecule has 2 aromatic carbocycles. The van der Waals surface area contributed by atoms with Crippen LogP contribution in [0.5, 0.6) is 0 Å². The first-order valence-corrected chi connectivity index (χ1v) is 7.55. The van der Waals surface area contributed by atoms with Gasteiger partial charge in [0.25, 0.3) is 5.69 Å². The van der Waals surface area contributed by atoms with Crippen LogP contribution >= 0.6 is 43.5 Å². The molecule has 104 valence electrons. The van der Waals surface area contributed by atoms with E-state index in [0.717, 1.165) is 14.6 Å². The Morgan fingerprint density at radius 3 is 2.45 bits per heavy atom. The summed E-state index contributed by atoms with van der Waals surface area (Å²) < 4.78 is 1.67. The van der Waals surface area contributed by atoms with Gasteiger partial charge in [0.1, 0.15) is 0 Å². The second kappa shape index (κ2) is 6.56. The number of nitrogens with zero attached hydrogens (tertiary/aromatic N) is 1. The third-order valence-corrected chi connectivity index (χ3v) is 3.94. The minimum absolute atomic E-state index is 0.0777. The Balaban J connectivity index is 2.22. The molecule has 0 saturated heterocycles. The standard InChI is InChI=1S/C13H9Br2ClN2O2/c14-9-2-4-13(18(19)20)8(5-9)7-17-12-3-1-10(15)6-11(12)16/h1-6,17H,7H2. The fourth-order valence-electron chi connectivity index (χ4n) is 1.70. The van der Waals surface area contributed by atoms with Crippen molar-refractivity contribution in [1.82, 2.24) is 0 Å². The summed E-state index contributed by atoms with van der Waals surface area (Å²) in [5, 5.41) is 14.6. The predicted octanol–water partition coefficient (Wildman–Crippen LogP) is 5.39. The number of rotatable bonds is 4. The van der Waals surface area contributed by atoms with Crippen LogP contribution in [-0.4, -0.2) is 4.92 Å². The van der Waals surface area contributed by atoms with Crippen LogP contribution in [0.15, 0.2) is 45.3 Å². The Labute approximate surface area is 137 Å². The Morgan fingerprint density at radius 1 is 1.15 bits per heavy atom. The lowest BCUT2D eigenvalue weighted by molar-refractivity contribution is -0.385. The first kappa shape index (κ1) is 15.3. The van der Waals surface area contributed by atoms with Gasteiger partial charge < -0.3 is 5.32 Å². The molecule has 2 aromatic rings. The first-order valence-electron chi connectivity index (χ1n) is 5.59. The maximum absolute atomic E-state index is 11.0. The Morgan fingerprint density at radius 2 is 1.80 bits per heavy atom. The molecule has 0 bridgehead atoms. The zero-order valence-corrected chi connectivity index (χ0v) is 14.0. The summed E-state index contributed by atoms with van der Waals surface area (Å²) in [6.45, 7) is 0.317. The number of hydrogen-bond donors (Lipinski definition) is 1. The summed E-state index contributed by atoms with van der Waals surface area (Å²) in [5.41, 5.74) is 1.39. The number of nitrogens with one attached hydrogen (secondary N) is 1. The molecule has 1 N–H and O–H groups in total. The van der Waals surface area contributed by atoms with Crippen LogP contribution in [0.2, 0.25) is 5.02 Å². The second-order valence-corrected chi connectivity index (χ2v) is 6.25. The number of hydrogen-bond acceptors (Lipinski definition) is 3. The Bertz CT molecular complexity index is 665. The maximum Gasteiger partial charge on any atom is 0.274 e. The van der Waals surface area contributed by atoms with Crippen molar-refractivity contribution in [3.05, 3.63) is 66.0 Å². The van der Waals surface area contributed by atoms with E-state index >= 15 is 0 Å². The second-order valence-electron chi connectivity index (χ2n) is 4.01. The number of benzene rings is 2. The van der Waals surface area contributed by atoms with Gasteiger partial charge in [-0.2, -0.15) is 0 Å². The van der Waals surface area contributed by atoms with Gasteiger partial charge in [-0.05, 0) is 30.3 Å². The average molecular weight is 420 g/mol.